The fraction of sp³-hybridized carbons (Fsp3) is 0.222. The number of hydrogen-bond acceptors (Lipinski definition) is 6. The average molecular weight is 391 g/mol. The van der Waals surface area contributed by atoms with Gasteiger partial charge in [-0.2, -0.15) is 5.26 Å². The van der Waals surface area contributed by atoms with Crippen molar-refractivity contribution in [2.45, 2.75) is 25.9 Å². The van der Waals surface area contributed by atoms with E-state index in [1.54, 1.807) is 36.4 Å². The molecule has 1 aromatic heterocycles. The summed E-state index contributed by atoms with van der Waals surface area (Å²) in [7, 11) is 0. The van der Waals surface area contributed by atoms with Crippen LogP contribution in [0.15, 0.2) is 36.4 Å². The molecule has 6 nitrogen and oxygen atoms in total. The summed E-state index contributed by atoms with van der Waals surface area (Å²) in [6.07, 6.45) is -1.22. The Hall–Kier alpha value is -2.69. The minimum atomic E-state index is -1.06. The lowest BCUT2D eigenvalue weighted by atomic mass is 10.2. The van der Waals surface area contributed by atoms with E-state index in [4.69, 9.17) is 21.6 Å². The van der Waals surface area contributed by atoms with Crippen molar-refractivity contribution in [1.82, 2.24) is 0 Å². The number of halogens is 1. The van der Waals surface area contributed by atoms with Gasteiger partial charge in [-0.25, -0.2) is 0 Å². The Kier molecular flexibility index (Phi) is 6.89. The van der Waals surface area contributed by atoms with Crippen LogP contribution in [-0.2, 0) is 14.3 Å². The molecule has 0 fully saturated rings. The van der Waals surface area contributed by atoms with Crippen LogP contribution in [0.5, 0.6) is 0 Å². The second kappa shape index (κ2) is 9.13. The van der Waals surface area contributed by atoms with Gasteiger partial charge in [-0.15, -0.1) is 11.3 Å². The topological polar surface area (TPSA) is 96.3 Å². The molecule has 1 aromatic carbocycles. The molecule has 2 rings (SSSR count). The Morgan fingerprint density at radius 1 is 1.23 bits per heavy atom. The molecule has 1 atom stereocenters. The number of para-hydroxylation sites is 1. The van der Waals surface area contributed by atoms with Gasteiger partial charge in [-0.3, -0.25) is 14.4 Å². The average Bonchev–Trinajstić information content (AvgIpc) is 3.06. The third-order valence-corrected chi connectivity index (χ3v) is 4.66. The van der Waals surface area contributed by atoms with Gasteiger partial charge >= 0.3 is 5.97 Å². The molecule has 1 amide bonds. The molecule has 0 unspecified atom stereocenters. The maximum Gasteiger partial charge on any atom is 0.307 e. The van der Waals surface area contributed by atoms with Crippen molar-refractivity contribution in [2.24, 2.45) is 0 Å². The van der Waals surface area contributed by atoms with Gasteiger partial charge in [0.15, 0.2) is 11.9 Å². The number of rotatable bonds is 7. The van der Waals surface area contributed by atoms with E-state index in [1.165, 1.54) is 6.92 Å². The van der Waals surface area contributed by atoms with Crippen LogP contribution >= 0.6 is 22.9 Å². The maximum absolute atomic E-state index is 12.1. The zero-order valence-corrected chi connectivity index (χ0v) is 15.4. The molecule has 26 heavy (non-hydrogen) atoms. The van der Waals surface area contributed by atoms with Crippen LogP contribution in [0, 0.1) is 11.3 Å². The lowest BCUT2D eigenvalue weighted by Gasteiger charge is -2.14. The quantitative estimate of drug-likeness (QED) is 0.572. The van der Waals surface area contributed by atoms with Gasteiger partial charge in [0, 0.05) is 6.42 Å². The summed E-state index contributed by atoms with van der Waals surface area (Å²) >= 11 is 6.91. The summed E-state index contributed by atoms with van der Waals surface area (Å²) < 4.78 is 5.54. The Balaban J connectivity index is 1.83. The van der Waals surface area contributed by atoms with Gasteiger partial charge in [-0.05, 0) is 31.2 Å². The van der Waals surface area contributed by atoms with Gasteiger partial charge in [0.25, 0.3) is 5.91 Å². The molecule has 0 saturated carbocycles. The first kappa shape index (κ1) is 19.6. The largest absolute Gasteiger partial charge is 0.453 e. The van der Waals surface area contributed by atoms with Gasteiger partial charge in [0.1, 0.15) is 6.07 Å². The van der Waals surface area contributed by atoms with Gasteiger partial charge in [0.2, 0.25) is 0 Å². The summed E-state index contributed by atoms with van der Waals surface area (Å²) in [6, 6.07) is 11.7. The molecule has 134 valence electrons. The van der Waals surface area contributed by atoms with Crippen LogP contribution in [0.2, 0.25) is 4.34 Å². The van der Waals surface area contributed by atoms with E-state index >= 15 is 0 Å². The van der Waals surface area contributed by atoms with Crippen LogP contribution in [0.4, 0.5) is 5.69 Å². The first-order chi connectivity index (χ1) is 12.4. The highest BCUT2D eigenvalue weighted by Crippen LogP contribution is 2.23. The van der Waals surface area contributed by atoms with E-state index in [1.807, 2.05) is 6.07 Å². The number of nitrogens with zero attached hydrogens (tertiary/aromatic N) is 1. The number of esters is 1. The Morgan fingerprint density at radius 3 is 2.62 bits per heavy atom. The Morgan fingerprint density at radius 2 is 1.96 bits per heavy atom. The third-order valence-electron chi connectivity index (χ3n) is 3.39. The van der Waals surface area contributed by atoms with Gasteiger partial charge < -0.3 is 10.1 Å². The molecule has 1 heterocycles. The van der Waals surface area contributed by atoms with E-state index in [2.05, 4.69) is 5.32 Å². The molecule has 0 aliphatic carbocycles. The third kappa shape index (κ3) is 5.41. The number of Topliss-reactive ketones (excluding diaryl/α,β-unsaturated/α-hetero) is 1. The normalized spacial score (nSPS) is 11.3. The first-order valence-corrected chi connectivity index (χ1v) is 8.88. The fourth-order valence-corrected chi connectivity index (χ4v) is 3.05. The second-order valence-electron chi connectivity index (χ2n) is 5.31. The van der Waals surface area contributed by atoms with Crippen LogP contribution < -0.4 is 5.32 Å². The fourth-order valence-electron chi connectivity index (χ4n) is 2.04. The summed E-state index contributed by atoms with van der Waals surface area (Å²) in [5, 5.41) is 11.5. The number of amides is 1. The number of carbonyl (C=O) groups excluding carboxylic acids is 3. The SMILES string of the molecule is C[C@@H](OC(=O)CCC(=O)c1ccc(Cl)s1)C(=O)Nc1ccccc1C#N. The number of nitrogens with one attached hydrogen (secondary N) is 1. The van der Waals surface area contributed by atoms with E-state index < -0.39 is 18.0 Å². The molecule has 0 bridgehead atoms. The van der Waals surface area contributed by atoms with Gasteiger partial charge in [-0.1, -0.05) is 23.7 Å². The molecule has 0 aliphatic heterocycles. The number of hydrogen-bond donors (Lipinski definition) is 1. The van der Waals surface area contributed by atoms with Crippen molar-refractivity contribution in [3.8, 4) is 6.07 Å². The van der Waals surface area contributed by atoms with Crippen molar-refractivity contribution in [3.63, 3.8) is 0 Å². The van der Waals surface area contributed by atoms with Crippen LogP contribution in [-0.4, -0.2) is 23.8 Å². The van der Waals surface area contributed by atoms with E-state index in [0.29, 0.717) is 20.5 Å². The molecule has 0 saturated heterocycles. The molecule has 0 radical (unpaired) electrons. The predicted molar refractivity (Wildman–Crippen MR) is 98.2 cm³/mol. The number of carbonyl (C=O) groups is 3. The van der Waals surface area contributed by atoms with Crippen LogP contribution in [0.3, 0.4) is 0 Å². The number of thiophene rings is 1. The van der Waals surface area contributed by atoms with E-state index in [-0.39, 0.29) is 18.6 Å². The standard InChI is InChI=1S/C18H15ClN2O4S/c1-11(18(24)21-13-5-3-2-4-12(13)10-20)25-17(23)9-6-14(22)15-7-8-16(19)26-15/h2-5,7-8,11H,6,9H2,1H3,(H,21,24)/t11-/m1/s1. The van der Waals surface area contributed by atoms with Crippen LogP contribution in [0.1, 0.15) is 35.0 Å². The minimum absolute atomic E-state index is 0.0265. The number of ether oxygens (including phenoxy) is 1. The monoisotopic (exact) mass is 390 g/mol. The highest BCUT2D eigenvalue weighted by atomic mass is 35.5. The summed E-state index contributed by atoms with van der Waals surface area (Å²) in [5.74, 6) is -1.42. The molecule has 2 aromatic rings. The van der Waals surface area contributed by atoms with Crippen molar-refractivity contribution < 1.29 is 19.1 Å². The lowest BCUT2D eigenvalue weighted by Crippen LogP contribution is -2.30. The molecule has 1 N–H and O–H groups in total. The van der Waals surface area contributed by atoms with Gasteiger partial charge in [0.05, 0.1) is 26.9 Å². The summed E-state index contributed by atoms with van der Waals surface area (Å²) in [4.78, 5) is 36.3. The first-order valence-electron chi connectivity index (χ1n) is 7.68. The summed E-state index contributed by atoms with van der Waals surface area (Å²) in [6.45, 7) is 1.42. The van der Waals surface area contributed by atoms with Crippen molar-refractivity contribution in [2.75, 3.05) is 5.32 Å². The highest BCUT2D eigenvalue weighted by Gasteiger charge is 2.20. The maximum atomic E-state index is 12.1. The zero-order chi connectivity index (χ0) is 19.1. The molecule has 0 spiro atoms. The Labute approximate surface area is 159 Å². The van der Waals surface area contributed by atoms with Crippen LogP contribution in [0.25, 0.3) is 0 Å². The number of nitriles is 1. The van der Waals surface area contributed by atoms with E-state index in [0.717, 1.165) is 11.3 Å². The second-order valence-corrected chi connectivity index (χ2v) is 7.02. The smallest absolute Gasteiger partial charge is 0.307 e. The number of anilines is 1. The molecule has 8 heteroatoms. The predicted octanol–water partition coefficient (Wildman–Crippen LogP) is 3.81. The van der Waals surface area contributed by atoms with Crippen molar-refractivity contribution in [3.05, 3.63) is 51.2 Å². The molecule has 0 aliphatic rings. The van der Waals surface area contributed by atoms with Crippen molar-refractivity contribution in [1.29, 1.82) is 5.26 Å². The Bertz CT molecular complexity index is 872. The molecular weight excluding hydrogens is 376 g/mol. The highest BCUT2D eigenvalue weighted by molar-refractivity contribution is 7.18. The van der Waals surface area contributed by atoms with E-state index in [9.17, 15) is 14.4 Å². The summed E-state index contributed by atoms with van der Waals surface area (Å²) in [5.41, 5.74) is 0.646. The molecular formula is C18H15ClN2O4S. The minimum Gasteiger partial charge on any atom is -0.453 e. The lowest BCUT2D eigenvalue weighted by molar-refractivity contribution is -0.153. The zero-order valence-electron chi connectivity index (χ0n) is 13.8. The number of benzene rings is 1. The van der Waals surface area contributed by atoms with Crippen molar-refractivity contribution >= 4 is 46.3 Å². The number of ketones is 1.